The number of amides is 1. The van der Waals surface area contributed by atoms with Gasteiger partial charge in [0.1, 0.15) is 5.75 Å². The number of methoxy groups -OCH3 is 1. The lowest BCUT2D eigenvalue weighted by Crippen LogP contribution is -2.24. The van der Waals surface area contributed by atoms with Crippen LogP contribution in [-0.2, 0) is 4.79 Å². The molecule has 0 spiro atoms. The second-order valence-corrected chi connectivity index (χ2v) is 10.1. The van der Waals surface area contributed by atoms with E-state index in [1.807, 2.05) is 61.6 Å². The van der Waals surface area contributed by atoms with Gasteiger partial charge in [-0.15, -0.1) is 23.5 Å². The maximum Gasteiger partial charge on any atom is 0.277 e. The number of nitrogens with one attached hydrogen (secondary N) is 1. The van der Waals surface area contributed by atoms with Crippen LogP contribution in [0.3, 0.4) is 0 Å². The van der Waals surface area contributed by atoms with E-state index in [1.165, 1.54) is 30.4 Å². The first-order chi connectivity index (χ1) is 15.0. The van der Waals surface area contributed by atoms with E-state index in [9.17, 15) is 4.79 Å². The highest BCUT2D eigenvalue weighted by molar-refractivity contribution is 8.19. The molecule has 166 valence electrons. The molecule has 1 saturated heterocycles. The lowest BCUT2D eigenvalue weighted by Gasteiger charge is -2.15. The minimum Gasteiger partial charge on any atom is -0.493 e. The van der Waals surface area contributed by atoms with Crippen molar-refractivity contribution < 1.29 is 19.0 Å². The van der Waals surface area contributed by atoms with Crippen molar-refractivity contribution in [2.45, 2.75) is 24.5 Å². The van der Waals surface area contributed by atoms with E-state index in [2.05, 4.69) is 10.5 Å². The number of hydrazone groups is 1. The molecule has 0 aromatic heterocycles. The number of thioether (sulfide) groups is 2. The predicted octanol–water partition coefficient (Wildman–Crippen LogP) is 5.14. The van der Waals surface area contributed by atoms with Crippen molar-refractivity contribution in [3.05, 3.63) is 52.5 Å². The van der Waals surface area contributed by atoms with E-state index < -0.39 is 0 Å². The summed E-state index contributed by atoms with van der Waals surface area (Å²) < 4.78 is 17.1. The number of carbonyl (C=O) groups is 1. The average molecular weight is 481 g/mol. The number of benzene rings is 2. The number of rotatable bonds is 9. The Morgan fingerprint density at radius 1 is 1.26 bits per heavy atom. The molecule has 1 aliphatic heterocycles. The first-order valence-corrected chi connectivity index (χ1v) is 12.3. The van der Waals surface area contributed by atoms with Crippen LogP contribution in [0.25, 0.3) is 0 Å². The Morgan fingerprint density at radius 3 is 2.61 bits per heavy atom. The summed E-state index contributed by atoms with van der Waals surface area (Å²) in [7, 11) is 1.54. The van der Waals surface area contributed by atoms with Crippen molar-refractivity contribution >= 4 is 47.2 Å². The van der Waals surface area contributed by atoms with E-state index in [-0.39, 0.29) is 18.6 Å². The number of ether oxygens (including phenoxy) is 3. The fraction of sp³-hybridized carbons (Fsp3) is 0.364. The summed E-state index contributed by atoms with van der Waals surface area (Å²) in [5.74, 6) is 3.62. The maximum absolute atomic E-state index is 12.0. The fourth-order valence-corrected chi connectivity index (χ4v) is 5.92. The van der Waals surface area contributed by atoms with Crippen LogP contribution in [0.15, 0.2) is 41.5 Å². The molecule has 9 heteroatoms. The average Bonchev–Trinajstić information content (AvgIpc) is 3.29. The Hall–Kier alpha value is -2.03. The third-order valence-electron chi connectivity index (χ3n) is 4.15. The van der Waals surface area contributed by atoms with E-state index in [1.54, 1.807) is 12.1 Å². The van der Waals surface area contributed by atoms with Crippen molar-refractivity contribution in [3.63, 3.8) is 0 Å². The van der Waals surface area contributed by atoms with Gasteiger partial charge in [-0.25, -0.2) is 5.43 Å². The second kappa shape index (κ2) is 11.5. The highest BCUT2D eigenvalue weighted by Crippen LogP contribution is 2.45. The number of carbonyl (C=O) groups excluding carboxylic acids is 1. The molecule has 1 aliphatic rings. The van der Waals surface area contributed by atoms with Crippen molar-refractivity contribution in [2.24, 2.45) is 5.10 Å². The summed E-state index contributed by atoms with van der Waals surface area (Å²) in [5.41, 5.74) is 4.38. The maximum atomic E-state index is 12.0. The molecule has 0 bridgehead atoms. The van der Waals surface area contributed by atoms with E-state index in [0.29, 0.717) is 32.4 Å². The third-order valence-corrected chi connectivity index (χ3v) is 7.54. The Labute approximate surface area is 196 Å². The Morgan fingerprint density at radius 2 is 1.97 bits per heavy atom. The van der Waals surface area contributed by atoms with Crippen LogP contribution in [0.4, 0.5) is 0 Å². The van der Waals surface area contributed by atoms with Gasteiger partial charge in [0.05, 0.1) is 29.0 Å². The smallest absolute Gasteiger partial charge is 0.277 e. The van der Waals surface area contributed by atoms with Gasteiger partial charge < -0.3 is 14.2 Å². The molecule has 2 aromatic carbocycles. The van der Waals surface area contributed by atoms with Crippen LogP contribution in [0.2, 0.25) is 5.02 Å². The van der Waals surface area contributed by atoms with Gasteiger partial charge in [0.15, 0.2) is 18.1 Å². The van der Waals surface area contributed by atoms with Gasteiger partial charge in [0, 0.05) is 11.5 Å². The zero-order chi connectivity index (χ0) is 22.2. The molecule has 3 rings (SSSR count). The quantitative estimate of drug-likeness (QED) is 0.395. The molecule has 1 amide bonds. The van der Waals surface area contributed by atoms with E-state index >= 15 is 0 Å². The predicted molar refractivity (Wildman–Crippen MR) is 129 cm³/mol. The number of hydrogen-bond donors (Lipinski definition) is 1. The highest BCUT2D eigenvalue weighted by atomic mass is 35.5. The first-order valence-electron chi connectivity index (χ1n) is 9.78. The van der Waals surface area contributed by atoms with Gasteiger partial charge in [-0.3, -0.25) is 4.79 Å². The zero-order valence-electron chi connectivity index (χ0n) is 17.6. The summed E-state index contributed by atoms with van der Waals surface area (Å²) in [6, 6.07) is 11.3. The summed E-state index contributed by atoms with van der Waals surface area (Å²) in [4.78, 5) is 12.0. The molecule has 6 nitrogen and oxygen atoms in total. The third kappa shape index (κ3) is 6.98. The van der Waals surface area contributed by atoms with Crippen LogP contribution in [0.1, 0.15) is 29.6 Å². The topological polar surface area (TPSA) is 69.2 Å². The lowest BCUT2D eigenvalue weighted by atomic mass is 10.2. The van der Waals surface area contributed by atoms with Gasteiger partial charge in [-0.05, 0) is 49.2 Å². The molecule has 0 aliphatic carbocycles. The van der Waals surface area contributed by atoms with Crippen LogP contribution < -0.4 is 19.6 Å². The van der Waals surface area contributed by atoms with Crippen LogP contribution >= 0.6 is 35.1 Å². The molecule has 0 saturated carbocycles. The van der Waals surface area contributed by atoms with E-state index in [4.69, 9.17) is 25.8 Å². The molecule has 0 atom stereocenters. The van der Waals surface area contributed by atoms with Crippen LogP contribution in [-0.4, -0.2) is 43.4 Å². The summed E-state index contributed by atoms with van der Waals surface area (Å²) >= 11 is 10.2. The SMILES string of the molecule is COc1cc(/C=N\NC(=O)COc2ccc(C3SCCS3)cc2)cc(Cl)c1OC(C)C. The minimum absolute atomic E-state index is 0.0399. The Kier molecular flexibility index (Phi) is 8.80. The minimum atomic E-state index is -0.361. The summed E-state index contributed by atoms with van der Waals surface area (Å²) in [5, 5.41) is 4.37. The van der Waals surface area contributed by atoms with Crippen molar-refractivity contribution in [3.8, 4) is 17.2 Å². The zero-order valence-corrected chi connectivity index (χ0v) is 20.0. The van der Waals surface area contributed by atoms with Gasteiger partial charge in [-0.1, -0.05) is 23.7 Å². The molecule has 31 heavy (non-hydrogen) atoms. The number of halogens is 1. The molecule has 1 heterocycles. The van der Waals surface area contributed by atoms with Crippen molar-refractivity contribution in [1.29, 1.82) is 0 Å². The molecule has 1 N–H and O–H groups in total. The van der Waals surface area contributed by atoms with Crippen LogP contribution in [0, 0.1) is 0 Å². The number of nitrogens with zero attached hydrogens (tertiary/aromatic N) is 1. The summed E-state index contributed by atoms with van der Waals surface area (Å²) in [6.45, 7) is 3.69. The lowest BCUT2D eigenvalue weighted by molar-refractivity contribution is -0.123. The second-order valence-electron chi connectivity index (χ2n) is 6.93. The first kappa shape index (κ1) is 23.6. The van der Waals surface area contributed by atoms with Gasteiger partial charge in [0.2, 0.25) is 0 Å². The monoisotopic (exact) mass is 480 g/mol. The molecular formula is C22H25ClN2O4S2. The number of hydrogen-bond acceptors (Lipinski definition) is 7. The van der Waals surface area contributed by atoms with Crippen molar-refractivity contribution in [1.82, 2.24) is 5.43 Å². The van der Waals surface area contributed by atoms with Gasteiger partial charge in [0.25, 0.3) is 5.91 Å². The van der Waals surface area contributed by atoms with Gasteiger partial charge >= 0.3 is 0 Å². The van der Waals surface area contributed by atoms with Crippen molar-refractivity contribution in [2.75, 3.05) is 25.2 Å². The molecular weight excluding hydrogens is 456 g/mol. The molecule has 0 unspecified atom stereocenters. The van der Waals surface area contributed by atoms with Crippen LogP contribution in [0.5, 0.6) is 17.2 Å². The highest BCUT2D eigenvalue weighted by Gasteiger charge is 2.18. The summed E-state index contributed by atoms with van der Waals surface area (Å²) in [6.07, 6.45) is 1.44. The Balaban J connectivity index is 1.50. The Bertz CT molecular complexity index is 916. The molecule has 0 radical (unpaired) electrons. The molecule has 2 aromatic rings. The van der Waals surface area contributed by atoms with E-state index in [0.717, 1.165) is 0 Å². The normalized spacial score (nSPS) is 14.2. The fourth-order valence-electron chi connectivity index (χ4n) is 2.80. The largest absolute Gasteiger partial charge is 0.493 e. The molecule has 1 fully saturated rings. The van der Waals surface area contributed by atoms with Gasteiger partial charge in [-0.2, -0.15) is 5.10 Å². The standard InChI is InChI=1S/C22H25ClN2O4S2/c1-14(2)29-21-18(23)10-15(11-19(21)27-3)12-24-25-20(26)13-28-17-6-4-16(5-7-17)22-30-8-9-31-22/h4-7,10-12,14,22H,8-9,13H2,1-3H3,(H,25,26)/b24-12-.